The molecule has 198 valence electrons. The molecular formula is C30H35ClN6O. The number of benzene rings is 2. The fourth-order valence-electron chi connectivity index (χ4n) is 5.60. The summed E-state index contributed by atoms with van der Waals surface area (Å²) in [5.41, 5.74) is 6.52. The first-order valence-electron chi connectivity index (χ1n) is 13.2. The molecule has 3 aromatic rings. The van der Waals surface area contributed by atoms with Gasteiger partial charge in [0.25, 0.3) is 0 Å². The van der Waals surface area contributed by atoms with E-state index in [1.54, 1.807) is 13.3 Å². The second-order valence-electron chi connectivity index (χ2n) is 11.1. The molecular weight excluding hydrogens is 496 g/mol. The minimum absolute atomic E-state index is 0.0400. The second kappa shape index (κ2) is 10.4. The van der Waals surface area contributed by atoms with Crippen molar-refractivity contribution in [3.63, 3.8) is 0 Å². The predicted molar refractivity (Wildman–Crippen MR) is 154 cm³/mol. The molecule has 0 bridgehead atoms. The van der Waals surface area contributed by atoms with Gasteiger partial charge < -0.3 is 15.0 Å². The van der Waals surface area contributed by atoms with Crippen LogP contribution in [0.15, 0.2) is 36.5 Å². The van der Waals surface area contributed by atoms with Gasteiger partial charge in [0, 0.05) is 50.0 Å². The van der Waals surface area contributed by atoms with Crippen molar-refractivity contribution in [2.45, 2.75) is 52.0 Å². The Kier molecular flexibility index (Phi) is 7.21. The van der Waals surface area contributed by atoms with Crippen molar-refractivity contribution in [1.82, 2.24) is 14.9 Å². The molecule has 38 heavy (non-hydrogen) atoms. The number of ether oxygens (including phenoxy) is 1. The zero-order chi connectivity index (χ0) is 27.0. The Morgan fingerprint density at radius 1 is 1.13 bits per heavy atom. The molecule has 1 aromatic heterocycles. The van der Waals surface area contributed by atoms with Crippen LogP contribution in [0.4, 0.5) is 17.3 Å². The Morgan fingerprint density at radius 2 is 1.89 bits per heavy atom. The molecule has 0 atom stereocenters. The van der Waals surface area contributed by atoms with Crippen molar-refractivity contribution in [3.05, 3.63) is 58.2 Å². The van der Waals surface area contributed by atoms with Gasteiger partial charge in [-0.05, 0) is 67.5 Å². The number of nitrogens with one attached hydrogen (secondary N) is 1. The van der Waals surface area contributed by atoms with Crippen LogP contribution >= 0.6 is 11.6 Å². The van der Waals surface area contributed by atoms with E-state index in [1.807, 2.05) is 24.3 Å². The van der Waals surface area contributed by atoms with Crippen LogP contribution in [-0.4, -0.2) is 54.2 Å². The summed E-state index contributed by atoms with van der Waals surface area (Å²) in [5.74, 6) is 1.11. The van der Waals surface area contributed by atoms with E-state index in [0.717, 1.165) is 61.5 Å². The monoisotopic (exact) mass is 530 g/mol. The lowest BCUT2D eigenvalue weighted by Crippen LogP contribution is -2.49. The van der Waals surface area contributed by atoms with Crippen LogP contribution in [0.1, 0.15) is 50.8 Å². The quantitative estimate of drug-likeness (QED) is 0.408. The third-order valence-electron chi connectivity index (χ3n) is 7.95. The number of rotatable bonds is 6. The first-order chi connectivity index (χ1) is 18.2. The number of nitriles is 1. The lowest BCUT2D eigenvalue weighted by Gasteiger charge is -2.38. The van der Waals surface area contributed by atoms with E-state index < -0.39 is 0 Å². The van der Waals surface area contributed by atoms with Gasteiger partial charge in [-0.2, -0.15) is 5.26 Å². The Hall–Kier alpha value is -3.34. The number of halogens is 1. The average molecular weight is 531 g/mol. The van der Waals surface area contributed by atoms with Crippen LogP contribution in [0, 0.1) is 11.3 Å². The highest BCUT2D eigenvalue weighted by Gasteiger charge is 2.32. The molecule has 1 aliphatic heterocycles. The van der Waals surface area contributed by atoms with E-state index in [0.29, 0.717) is 28.4 Å². The zero-order valence-electron chi connectivity index (χ0n) is 22.8. The molecule has 2 heterocycles. The predicted octanol–water partition coefficient (Wildman–Crippen LogP) is 6.18. The molecule has 0 saturated carbocycles. The standard InChI is InChI=1S/C30H35ClN6O/c1-19(2)36-10-12-37(13-11-36)27-17-28(38-5)26(16-24(27)31)35-29-33-9-7-25(34-29)20-14-21(18-32)22-6-8-30(3,4)23(22)15-20/h7,9,14-17,19H,6,8,10-13H2,1-5H3,(H,33,34,35). The Labute approximate surface area is 230 Å². The Morgan fingerprint density at radius 3 is 2.58 bits per heavy atom. The summed E-state index contributed by atoms with van der Waals surface area (Å²) in [4.78, 5) is 14.0. The minimum atomic E-state index is 0.0400. The highest BCUT2D eigenvalue weighted by Crippen LogP contribution is 2.42. The highest BCUT2D eigenvalue weighted by molar-refractivity contribution is 6.33. The lowest BCUT2D eigenvalue weighted by atomic mass is 9.84. The largest absolute Gasteiger partial charge is 0.494 e. The molecule has 2 aromatic carbocycles. The van der Waals surface area contributed by atoms with E-state index in [2.05, 4.69) is 59.9 Å². The maximum atomic E-state index is 9.80. The average Bonchev–Trinajstić information content (AvgIpc) is 3.23. The molecule has 0 spiro atoms. The van der Waals surface area contributed by atoms with Crippen LogP contribution < -0.4 is 15.0 Å². The number of fused-ring (bicyclic) bond motifs is 1. The number of anilines is 3. The van der Waals surface area contributed by atoms with E-state index in [4.69, 9.17) is 21.3 Å². The summed E-state index contributed by atoms with van der Waals surface area (Å²) >= 11 is 6.78. The SMILES string of the molecule is COc1cc(N2CCN(C(C)C)CC2)c(Cl)cc1Nc1nccc(-c2cc(C#N)c3c(c2)C(C)(C)CC3)n1. The summed E-state index contributed by atoms with van der Waals surface area (Å²) in [5, 5.41) is 13.8. The number of piperazine rings is 1. The van der Waals surface area contributed by atoms with Crippen LogP contribution in [0.25, 0.3) is 11.3 Å². The number of nitrogens with zero attached hydrogens (tertiary/aromatic N) is 5. The van der Waals surface area contributed by atoms with Gasteiger partial charge in [-0.3, -0.25) is 4.90 Å². The fraction of sp³-hybridized carbons (Fsp3) is 0.433. The van der Waals surface area contributed by atoms with Crippen LogP contribution in [0.3, 0.4) is 0 Å². The summed E-state index contributed by atoms with van der Waals surface area (Å²) in [6, 6.07) is 12.8. The first kappa shape index (κ1) is 26.3. The summed E-state index contributed by atoms with van der Waals surface area (Å²) in [6.45, 7) is 12.8. The van der Waals surface area contributed by atoms with Crippen molar-refractivity contribution < 1.29 is 4.74 Å². The van der Waals surface area contributed by atoms with Crippen molar-refractivity contribution in [2.75, 3.05) is 43.5 Å². The third-order valence-corrected chi connectivity index (χ3v) is 8.25. The van der Waals surface area contributed by atoms with Gasteiger partial charge in [0.2, 0.25) is 5.95 Å². The number of hydrogen-bond acceptors (Lipinski definition) is 7. The number of aromatic nitrogens is 2. The van der Waals surface area contributed by atoms with E-state index in [-0.39, 0.29) is 5.41 Å². The molecule has 5 rings (SSSR count). The van der Waals surface area contributed by atoms with Crippen molar-refractivity contribution in [1.29, 1.82) is 5.26 Å². The van der Waals surface area contributed by atoms with Gasteiger partial charge in [-0.25, -0.2) is 9.97 Å². The molecule has 1 N–H and O–H groups in total. The molecule has 1 aliphatic carbocycles. The van der Waals surface area contributed by atoms with Gasteiger partial charge in [-0.1, -0.05) is 25.4 Å². The maximum Gasteiger partial charge on any atom is 0.227 e. The summed E-state index contributed by atoms with van der Waals surface area (Å²) in [7, 11) is 1.65. The summed E-state index contributed by atoms with van der Waals surface area (Å²) in [6.07, 6.45) is 3.71. The highest BCUT2D eigenvalue weighted by atomic mass is 35.5. The van der Waals surface area contributed by atoms with Gasteiger partial charge in [0.05, 0.1) is 40.8 Å². The van der Waals surface area contributed by atoms with Crippen LogP contribution in [-0.2, 0) is 11.8 Å². The molecule has 0 amide bonds. The zero-order valence-corrected chi connectivity index (χ0v) is 23.6. The molecule has 0 unspecified atom stereocenters. The summed E-state index contributed by atoms with van der Waals surface area (Å²) < 4.78 is 5.73. The smallest absolute Gasteiger partial charge is 0.227 e. The van der Waals surface area contributed by atoms with Crippen molar-refractivity contribution in [2.24, 2.45) is 0 Å². The molecule has 1 fully saturated rings. The van der Waals surface area contributed by atoms with Gasteiger partial charge >= 0.3 is 0 Å². The van der Waals surface area contributed by atoms with Crippen molar-refractivity contribution in [3.8, 4) is 23.1 Å². The van der Waals surface area contributed by atoms with E-state index in [1.165, 1.54) is 11.1 Å². The molecule has 1 saturated heterocycles. The normalized spacial score (nSPS) is 16.8. The van der Waals surface area contributed by atoms with Gasteiger partial charge in [0.15, 0.2) is 0 Å². The van der Waals surface area contributed by atoms with Gasteiger partial charge in [-0.15, -0.1) is 0 Å². The lowest BCUT2D eigenvalue weighted by molar-refractivity contribution is 0.209. The topological polar surface area (TPSA) is 77.3 Å². The van der Waals surface area contributed by atoms with Crippen molar-refractivity contribution >= 4 is 28.9 Å². The van der Waals surface area contributed by atoms with E-state index >= 15 is 0 Å². The Bertz CT molecular complexity index is 1390. The number of hydrogen-bond donors (Lipinski definition) is 1. The Balaban J connectivity index is 1.42. The first-order valence-corrected chi connectivity index (χ1v) is 13.6. The van der Waals surface area contributed by atoms with Crippen LogP contribution in [0.2, 0.25) is 5.02 Å². The maximum absolute atomic E-state index is 9.80. The minimum Gasteiger partial charge on any atom is -0.494 e. The molecule has 7 nitrogen and oxygen atoms in total. The van der Waals surface area contributed by atoms with Crippen LogP contribution in [0.5, 0.6) is 5.75 Å². The van der Waals surface area contributed by atoms with E-state index in [9.17, 15) is 5.26 Å². The fourth-order valence-corrected chi connectivity index (χ4v) is 5.88. The molecule has 0 radical (unpaired) electrons. The van der Waals surface area contributed by atoms with Gasteiger partial charge in [0.1, 0.15) is 5.75 Å². The number of methoxy groups -OCH3 is 1. The third kappa shape index (κ3) is 5.03. The molecule has 8 heteroatoms. The molecule has 2 aliphatic rings. The second-order valence-corrected chi connectivity index (χ2v) is 11.5.